The summed E-state index contributed by atoms with van der Waals surface area (Å²) in [6.45, 7) is 5.87. The number of esters is 1. The highest BCUT2D eigenvalue weighted by atomic mass is 16.5. The Labute approximate surface area is 117 Å². The molecule has 0 aliphatic carbocycles. The number of ether oxygens (including phenoxy) is 1. The van der Waals surface area contributed by atoms with Gasteiger partial charge in [-0.2, -0.15) is 0 Å². The van der Waals surface area contributed by atoms with Crippen LogP contribution in [0.15, 0.2) is 0 Å². The van der Waals surface area contributed by atoms with E-state index in [-0.39, 0.29) is 11.9 Å². The molecule has 19 heavy (non-hydrogen) atoms. The van der Waals surface area contributed by atoms with E-state index in [0.29, 0.717) is 12.6 Å². The lowest BCUT2D eigenvalue weighted by atomic mass is 9.84. The van der Waals surface area contributed by atoms with Crippen molar-refractivity contribution in [3.63, 3.8) is 0 Å². The Kier molecular flexibility index (Phi) is 5.68. The monoisotopic (exact) mass is 267 g/mol. The maximum Gasteiger partial charge on any atom is 0.310 e. The van der Waals surface area contributed by atoms with Crippen LogP contribution in [0.3, 0.4) is 0 Å². The molecular formula is C16H29NO2. The van der Waals surface area contributed by atoms with Gasteiger partial charge in [-0.25, -0.2) is 0 Å². The standard InChI is InChI=1S/C16H29NO2/c1-3-5-6-8-13-10-11-14(16(18)19-4-2)15-9-7-12-17(13)15/h13-15H,3-12H2,1-2H3/t13-,14+,15+/m0/s1. The van der Waals surface area contributed by atoms with E-state index in [1.807, 2.05) is 6.92 Å². The zero-order valence-electron chi connectivity index (χ0n) is 12.6. The van der Waals surface area contributed by atoms with E-state index in [9.17, 15) is 4.79 Å². The van der Waals surface area contributed by atoms with Crippen LogP contribution in [0.4, 0.5) is 0 Å². The van der Waals surface area contributed by atoms with E-state index < -0.39 is 0 Å². The fourth-order valence-corrected chi connectivity index (χ4v) is 3.89. The van der Waals surface area contributed by atoms with Crippen LogP contribution in [-0.4, -0.2) is 36.1 Å². The number of unbranched alkanes of at least 4 members (excludes halogenated alkanes) is 2. The summed E-state index contributed by atoms with van der Waals surface area (Å²) in [5.74, 6) is 0.191. The van der Waals surface area contributed by atoms with Gasteiger partial charge in [-0.1, -0.05) is 26.2 Å². The molecule has 2 aliphatic rings. The first-order chi connectivity index (χ1) is 9.27. The Balaban J connectivity index is 1.91. The topological polar surface area (TPSA) is 29.5 Å². The molecule has 3 nitrogen and oxygen atoms in total. The van der Waals surface area contributed by atoms with Gasteiger partial charge in [0.1, 0.15) is 0 Å². The van der Waals surface area contributed by atoms with Gasteiger partial charge in [0, 0.05) is 12.1 Å². The molecule has 3 heteroatoms. The molecule has 0 unspecified atom stereocenters. The number of fused-ring (bicyclic) bond motifs is 1. The van der Waals surface area contributed by atoms with Crippen molar-refractivity contribution >= 4 is 5.97 Å². The fourth-order valence-electron chi connectivity index (χ4n) is 3.89. The molecule has 0 amide bonds. The summed E-state index contributed by atoms with van der Waals surface area (Å²) < 4.78 is 5.26. The zero-order chi connectivity index (χ0) is 13.7. The molecule has 2 rings (SSSR count). The van der Waals surface area contributed by atoms with E-state index in [2.05, 4.69) is 11.8 Å². The molecule has 0 aromatic carbocycles. The Bertz CT molecular complexity index is 292. The summed E-state index contributed by atoms with van der Waals surface area (Å²) >= 11 is 0. The number of carbonyl (C=O) groups excluding carboxylic acids is 1. The van der Waals surface area contributed by atoms with Gasteiger partial charge in [-0.05, 0) is 45.6 Å². The van der Waals surface area contributed by atoms with Crippen molar-refractivity contribution in [2.75, 3.05) is 13.2 Å². The van der Waals surface area contributed by atoms with Gasteiger partial charge in [0.15, 0.2) is 0 Å². The molecule has 110 valence electrons. The molecule has 0 N–H and O–H groups in total. The highest BCUT2D eigenvalue weighted by Gasteiger charge is 2.43. The van der Waals surface area contributed by atoms with Crippen LogP contribution in [0.1, 0.15) is 65.2 Å². The van der Waals surface area contributed by atoms with Gasteiger partial charge in [-0.3, -0.25) is 9.69 Å². The van der Waals surface area contributed by atoms with E-state index in [4.69, 9.17) is 4.74 Å². The average Bonchev–Trinajstić information content (AvgIpc) is 2.88. The van der Waals surface area contributed by atoms with Gasteiger partial charge in [0.2, 0.25) is 0 Å². The van der Waals surface area contributed by atoms with Crippen LogP contribution in [-0.2, 0) is 9.53 Å². The molecule has 3 atom stereocenters. The summed E-state index contributed by atoms with van der Waals surface area (Å²) in [7, 11) is 0. The van der Waals surface area contributed by atoms with Crippen LogP contribution in [0.5, 0.6) is 0 Å². The third kappa shape index (κ3) is 3.50. The maximum atomic E-state index is 12.1. The smallest absolute Gasteiger partial charge is 0.310 e. The van der Waals surface area contributed by atoms with Crippen molar-refractivity contribution in [2.45, 2.75) is 77.3 Å². The van der Waals surface area contributed by atoms with Gasteiger partial charge in [-0.15, -0.1) is 0 Å². The van der Waals surface area contributed by atoms with Crippen molar-refractivity contribution in [3.8, 4) is 0 Å². The predicted molar refractivity (Wildman–Crippen MR) is 77.0 cm³/mol. The minimum atomic E-state index is 0.0476. The second kappa shape index (κ2) is 7.28. The van der Waals surface area contributed by atoms with Crippen molar-refractivity contribution < 1.29 is 9.53 Å². The third-order valence-electron chi connectivity index (χ3n) is 4.82. The number of nitrogens with zero attached hydrogens (tertiary/aromatic N) is 1. The molecule has 0 aromatic heterocycles. The summed E-state index contributed by atoms with van der Waals surface area (Å²) in [6.07, 6.45) is 9.96. The molecule has 2 saturated heterocycles. The fraction of sp³-hybridized carbons (Fsp3) is 0.938. The lowest BCUT2D eigenvalue weighted by molar-refractivity contribution is -0.152. The van der Waals surface area contributed by atoms with E-state index >= 15 is 0 Å². The van der Waals surface area contributed by atoms with Crippen molar-refractivity contribution in [2.24, 2.45) is 5.92 Å². The average molecular weight is 267 g/mol. The lowest BCUT2D eigenvalue weighted by Crippen LogP contribution is -2.49. The summed E-state index contributed by atoms with van der Waals surface area (Å²) in [5, 5.41) is 0. The highest BCUT2D eigenvalue weighted by Crippen LogP contribution is 2.37. The molecule has 2 fully saturated rings. The SMILES string of the molecule is CCCCC[C@H]1CC[C@@H](C(=O)OCC)[C@H]2CCCN12. The molecule has 0 aromatic rings. The minimum absolute atomic E-state index is 0.0476. The number of hydrogen-bond donors (Lipinski definition) is 0. The molecule has 2 heterocycles. The minimum Gasteiger partial charge on any atom is -0.466 e. The summed E-state index contributed by atoms with van der Waals surface area (Å²) in [6, 6.07) is 1.20. The second-order valence-electron chi connectivity index (χ2n) is 6.03. The Morgan fingerprint density at radius 2 is 2.05 bits per heavy atom. The summed E-state index contributed by atoms with van der Waals surface area (Å²) in [4.78, 5) is 14.7. The van der Waals surface area contributed by atoms with Gasteiger partial charge < -0.3 is 4.74 Å². The zero-order valence-corrected chi connectivity index (χ0v) is 12.6. The number of carbonyl (C=O) groups is 1. The highest BCUT2D eigenvalue weighted by molar-refractivity contribution is 5.73. The van der Waals surface area contributed by atoms with E-state index in [1.54, 1.807) is 0 Å². The normalized spacial score (nSPS) is 31.2. The molecule has 0 spiro atoms. The van der Waals surface area contributed by atoms with Crippen LogP contribution in [0.25, 0.3) is 0 Å². The molecule has 2 aliphatic heterocycles. The summed E-state index contributed by atoms with van der Waals surface area (Å²) in [5.41, 5.74) is 0. The first kappa shape index (κ1) is 14.8. The lowest BCUT2D eigenvalue weighted by Gasteiger charge is -2.41. The van der Waals surface area contributed by atoms with Crippen molar-refractivity contribution in [3.05, 3.63) is 0 Å². The quantitative estimate of drug-likeness (QED) is 0.546. The molecule has 0 radical (unpaired) electrons. The Hall–Kier alpha value is -0.570. The number of piperidine rings is 1. The first-order valence-electron chi connectivity index (χ1n) is 8.20. The van der Waals surface area contributed by atoms with Gasteiger partial charge >= 0.3 is 5.97 Å². The Morgan fingerprint density at radius 1 is 1.21 bits per heavy atom. The predicted octanol–water partition coefficient (Wildman–Crippen LogP) is 3.37. The van der Waals surface area contributed by atoms with Crippen LogP contribution >= 0.6 is 0 Å². The van der Waals surface area contributed by atoms with E-state index in [0.717, 1.165) is 12.5 Å². The second-order valence-corrected chi connectivity index (χ2v) is 6.03. The molecular weight excluding hydrogens is 238 g/mol. The largest absolute Gasteiger partial charge is 0.466 e. The maximum absolute atomic E-state index is 12.1. The van der Waals surface area contributed by atoms with Crippen molar-refractivity contribution in [1.29, 1.82) is 0 Å². The first-order valence-corrected chi connectivity index (χ1v) is 8.20. The van der Waals surface area contributed by atoms with Crippen LogP contribution in [0, 0.1) is 5.92 Å². The molecule has 0 bridgehead atoms. The van der Waals surface area contributed by atoms with E-state index in [1.165, 1.54) is 51.5 Å². The molecule has 0 saturated carbocycles. The van der Waals surface area contributed by atoms with Gasteiger partial charge in [0.25, 0.3) is 0 Å². The van der Waals surface area contributed by atoms with Crippen LogP contribution in [0.2, 0.25) is 0 Å². The number of hydrogen-bond acceptors (Lipinski definition) is 3. The number of rotatable bonds is 6. The van der Waals surface area contributed by atoms with Crippen LogP contribution < -0.4 is 0 Å². The van der Waals surface area contributed by atoms with Crippen molar-refractivity contribution in [1.82, 2.24) is 4.90 Å². The third-order valence-corrected chi connectivity index (χ3v) is 4.82. The van der Waals surface area contributed by atoms with Gasteiger partial charge in [0.05, 0.1) is 12.5 Å². The Morgan fingerprint density at radius 3 is 2.79 bits per heavy atom.